The van der Waals surface area contributed by atoms with E-state index in [2.05, 4.69) is 27.7 Å². The zero-order chi connectivity index (χ0) is 14.9. The van der Waals surface area contributed by atoms with E-state index in [1.165, 1.54) is 19.3 Å². The second-order valence-corrected chi connectivity index (χ2v) is 8.51. The van der Waals surface area contributed by atoms with Gasteiger partial charge in [-0.2, -0.15) is 0 Å². The summed E-state index contributed by atoms with van der Waals surface area (Å²) in [5, 5.41) is 0. The molecular formula is C15H33O3P. The summed E-state index contributed by atoms with van der Waals surface area (Å²) in [6, 6.07) is 0. The van der Waals surface area contributed by atoms with E-state index in [9.17, 15) is 14.4 Å². The largest absolute Gasteiger partial charge is 0.328 e. The zero-order valence-electron chi connectivity index (χ0n) is 13.1. The molecule has 0 heterocycles. The maximum atomic E-state index is 11.4. The summed E-state index contributed by atoms with van der Waals surface area (Å²) in [4.78, 5) is 18.8. The van der Waals surface area contributed by atoms with Crippen molar-refractivity contribution in [3.63, 3.8) is 0 Å². The molecule has 1 atom stereocenters. The fourth-order valence-corrected chi connectivity index (χ4v) is 3.30. The number of rotatable bonds is 11. The van der Waals surface area contributed by atoms with Gasteiger partial charge in [-0.15, -0.1) is 0 Å². The van der Waals surface area contributed by atoms with Crippen LogP contribution in [0.3, 0.4) is 0 Å². The van der Waals surface area contributed by atoms with E-state index in [1.807, 2.05) is 0 Å². The van der Waals surface area contributed by atoms with Gasteiger partial charge in [0.25, 0.3) is 0 Å². The van der Waals surface area contributed by atoms with Gasteiger partial charge in [-0.05, 0) is 24.7 Å². The minimum absolute atomic E-state index is 0.417. The van der Waals surface area contributed by atoms with Crippen LogP contribution in [0.25, 0.3) is 0 Å². The van der Waals surface area contributed by atoms with Gasteiger partial charge in [-0.1, -0.05) is 66.2 Å². The minimum atomic E-state index is -3.90. The summed E-state index contributed by atoms with van der Waals surface area (Å²) < 4.78 is 11.4. The minimum Gasteiger partial charge on any atom is -0.324 e. The van der Waals surface area contributed by atoms with Gasteiger partial charge < -0.3 is 9.79 Å². The van der Waals surface area contributed by atoms with Crippen molar-refractivity contribution in [3.8, 4) is 0 Å². The van der Waals surface area contributed by atoms with E-state index in [0.717, 1.165) is 25.2 Å². The monoisotopic (exact) mass is 292 g/mol. The van der Waals surface area contributed by atoms with E-state index in [-0.39, 0.29) is 0 Å². The van der Waals surface area contributed by atoms with Crippen molar-refractivity contribution in [1.82, 2.24) is 0 Å². The van der Waals surface area contributed by atoms with Crippen LogP contribution in [0.1, 0.15) is 79.1 Å². The Morgan fingerprint density at radius 2 is 1.21 bits per heavy atom. The third kappa shape index (κ3) is 11.7. The average Bonchev–Trinajstić information content (AvgIpc) is 2.24. The van der Waals surface area contributed by atoms with Crippen LogP contribution in [0.2, 0.25) is 0 Å². The first-order chi connectivity index (χ1) is 8.73. The lowest BCUT2D eigenvalue weighted by Crippen LogP contribution is -2.10. The molecule has 0 bridgehead atoms. The lowest BCUT2D eigenvalue weighted by atomic mass is 10.0. The molecule has 116 valence electrons. The van der Waals surface area contributed by atoms with Gasteiger partial charge >= 0.3 is 7.60 Å². The van der Waals surface area contributed by atoms with E-state index in [4.69, 9.17) is 0 Å². The zero-order valence-corrected chi connectivity index (χ0v) is 14.0. The Kier molecular flexibility index (Phi) is 10.0. The van der Waals surface area contributed by atoms with E-state index in [1.54, 1.807) is 0 Å². The standard InChI is InChI=1S/C15H33O3P/c1-13(2)9-7-5-6-8-10-15(19(16,17)18)12-11-14(3)4/h13-15H,5-12H2,1-4H3,(H2,16,17,18). The molecule has 0 radical (unpaired) electrons. The summed E-state index contributed by atoms with van der Waals surface area (Å²) in [6.07, 6.45) is 7.99. The smallest absolute Gasteiger partial charge is 0.324 e. The first-order valence-corrected chi connectivity index (χ1v) is 9.46. The van der Waals surface area contributed by atoms with Crippen LogP contribution in [-0.4, -0.2) is 15.4 Å². The summed E-state index contributed by atoms with van der Waals surface area (Å²) in [6.45, 7) is 8.66. The van der Waals surface area contributed by atoms with Crippen LogP contribution < -0.4 is 0 Å². The summed E-state index contributed by atoms with van der Waals surface area (Å²) >= 11 is 0. The molecule has 0 aromatic heterocycles. The van der Waals surface area contributed by atoms with Gasteiger partial charge in [0.2, 0.25) is 0 Å². The fourth-order valence-electron chi connectivity index (χ4n) is 2.29. The Morgan fingerprint density at radius 1 is 0.737 bits per heavy atom. The summed E-state index contributed by atoms with van der Waals surface area (Å²) in [5.41, 5.74) is -0.417. The molecule has 0 aromatic carbocycles. The van der Waals surface area contributed by atoms with Gasteiger partial charge in [-0.25, -0.2) is 0 Å². The molecular weight excluding hydrogens is 259 g/mol. The Balaban J connectivity index is 3.84. The highest BCUT2D eigenvalue weighted by atomic mass is 31.2. The molecule has 3 nitrogen and oxygen atoms in total. The first-order valence-electron chi connectivity index (χ1n) is 7.78. The molecule has 1 unspecified atom stereocenters. The molecule has 0 saturated heterocycles. The average molecular weight is 292 g/mol. The molecule has 0 spiro atoms. The van der Waals surface area contributed by atoms with Gasteiger partial charge in [0, 0.05) is 0 Å². The molecule has 4 heteroatoms. The van der Waals surface area contributed by atoms with Crippen molar-refractivity contribution in [2.24, 2.45) is 11.8 Å². The normalized spacial score (nSPS) is 14.3. The quantitative estimate of drug-likeness (QED) is 0.418. The Bertz CT molecular complexity index is 258. The summed E-state index contributed by atoms with van der Waals surface area (Å²) in [7, 11) is -3.90. The van der Waals surface area contributed by atoms with Crippen molar-refractivity contribution in [1.29, 1.82) is 0 Å². The van der Waals surface area contributed by atoms with Gasteiger partial charge in [-0.3, -0.25) is 4.57 Å². The highest BCUT2D eigenvalue weighted by molar-refractivity contribution is 7.52. The maximum absolute atomic E-state index is 11.4. The van der Waals surface area contributed by atoms with Crippen LogP contribution >= 0.6 is 7.60 Å². The SMILES string of the molecule is CC(C)CCCCCCC(CCC(C)C)P(=O)(O)O. The topological polar surface area (TPSA) is 57.5 Å². The fraction of sp³-hybridized carbons (Fsp3) is 1.00. The molecule has 0 aromatic rings. The van der Waals surface area contributed by atoms with Crippen LogP contribution in [0, 0.1) is 11.8 Å². The second kappa shape index (κ2) is 9.96. The molecule has 0 amide bonds. The molecule has 0 rings (SSSR count). The molecule has 0 fully saturated rings. The maximum Gasteiger partial charge on any atom is 0.328 e. The molecule has 0 saturated carbocycles. The van der Waals surface area contributed by atoms with Crippen LogP contribution in [0.15, 0.2) is 0 Å². The third-order valence-corrected chi connectivity index (χ3v) is 5.09. The van der Waals surface area contributed by atoms with Gasteiger partial charge in [0.05, 0.1) is 5.66 Å². The molecule has 0 aliphatic rings. The second-order valence-electron chi connectivity index (χ2n) is 6.60. The van der Waals surface area contributed by atoms with Crippen LogP contribution in [0.4, 0.5) is 0 Å². The number of unbranched alkanes of at least 4 members (excludes halogenated alkanes) is 3. The Labute approximate surface area is 119 Å². The highest BCUT2D eigenvalue weighted by Gasteiger charge is 2.27. The Hall–Kier alpha value is 0.150. The van der Waals surface area contributed by atoms with Crippen molar-refractivity contribution in [2.45, 2.75) is 84.7 Å². The predicted molar refractivity (Wildman–Crippen MR) is 82.4 cm³/mol. The van der Waals surface area contributed by atoms with Crippen LogP contribution in [-0.2, 0) is 4.57 Å². The lowest BCUT2D eigenvalue weighted by molar-refractivity contribution is 0.343. The predicted octanol–water partition coefficient (Wildman–Crippen LogP) is 4.97. The number of hydrogen-bond acceptors (Lipinski definition) is 1. The molecule has 0 aliphatic carbocycles. The van der Waals surface area contributed by atoms with Crippen molar-refractivity contribution in [3.05, 3.63) is 0 Å². The Morgan fingerprint density at radius 3 is 1.63 bits per heavy atom. The summed E-state index contributed by atoms with van der Waals surface area (Å²) in [5.74, 6) is 1.27. The number of hydrogen-bond donors (Lipinski definition) is 2. The highest BCUT2D eigenvalue weighted by Crippen LogP contribution is 2.46. The van der Waals surface area contributed by atoms with Crippen molar-refractivity contribution >= 4 is 7.60 Å². The van der Waals surface area contributed by atoms with E-state index < -0.39 is 13.3 Å². The van der Waals surface area contributed by atoms with Gasteiger partial charge in [0.15, 0.2) is 0 Å². The first kappa shape index (κ1) is 19.1. The van der Waals surface area contributed by atoms with Gasteiger partial charge in [0.1, 0.15) is 0 Å². The van der Waals surface area contributed by atoms with Crippen LogP contribution in [0.5, 0.6) is 0 Å². The lowest BCUT2D eigenvalue weighted by Gasteiger charge is -2.19. The third-order valence-electron chi connectivity index (χ3n) is 3.62. The molecule has 2 N–H and O–H groups in total. The van der Waals surface area contributed by atoms with E-state index in [0.29, 0.717) is 18.8 Å². The van der Waals surface area contributed by atoms with Crippen molar-refractivity contribution in [2.75, 3.05) is 0 Å². The van der Waals surface area contributed by atoms with E-state index >= 15 is 0 Å². The molecule has 0 aliphatic heterocycles. The van der Waals surface area contributed by atoms with Crippen molar-refractivity contribution < 1.29 is 14.4 Å². The molecule has 19 heavy (non-hydrogen) atoms.